The van der Waals surface area contributed by atoms with Gasteiger partial charge in [0.15, 0.2) is 0 Å². The van der Waals surface area contributed by atoms with Gasteiger partial charge in [-0.3, -0.25) is 4.90 Å². The molecule has 1 aliphatic carbocycles. The molecule has 0 amide bonds. The molecule has 1 saturated carbocycles. The minimum atomic E-state index is 0.507. The van der Waals surface area contributed by atoms with Crippen molar-refractivity contribution in [3.05, 3.63) is 0 Å². The predicted molar refractivity (Wildman–Crippen MR) is 78.5 cm³/mol. The lowest BCUT2D eigenvalue weighted by Gasteiger charge is -2.50. The van der Waals surface area contributed by atoms with Crippen LogP contribution in [0.3, 0.4) is 0 Å². The Morgan fingerprint density at radius 2 is 2.05 bits per heavy atom. The van der Waals surface area contributed by atoms with Crippen LogP contribution in [0.5, 0.6) is 0 Å². The minimum Gasteiger partial charge on any atom is -0.378 e. The maximum Gasteiger partial charge on any atom is 0.0576 e. The summed E-state index contributed by atoms with van der Waals surface area (Å²) in [5.74, 6) is 0. The molecule has 19 heavy (non-hydrogen) atoms. The van der Waals surface area contributed by atoms with Gasteiger partial charge < -0.3 is 10.1 Å². The largest absolute Gasteiger partial charge is 0.378 e. The first-order valence-electron chi connectivity index (χ1n) is 8.46. The topological polar surface area (TPSA) is 24.5 Å². The average Bonchev–Trinajstić information content (AvgIpc) is 2.95. The molecule has 1 spiro atoms. The molecular weight excluding hydrogens is 236 g/mol. The summed E-state index contributed by atoms with van der Waals surface area (Å²) in [7, 11) is 0. The van der Waals surface area contributed by atoms with Gasteiger partial charge in [0.1, 0.15) is 0 Å². The van der Waals surface area contributed by atoms with E-state index in [2.05, 4.69) is 10.2 Å². The predicted octanol–water partition coefficient (Wildman–Crippen LogP) is 2.55. The number of hydrogen-bond donors (Lipinski definition) is 1. The van der Waals surface area contributed by atoms with E-state index in [4.69, 9.17) is 4.74 Å². The lowest BCUT2D eigenvalue weighted by atomic mass is 9.79. The Kier molecular flexibility index (Phi) is 4.78. The minimum absolute atomic E-state index is 0.507. The number of hydrogen-bond acceptors (Lipinski definition) is 3. The van der Waals surface area contributed by atoms with Crippen molar-refractivity contribution in [3.8, 4) is 0 Å². The molecule has 2 aliphatic heterocycles. The summed E-state index contributed by atoms with van der Waals surface area (Å²) in [5.41, 5.74) is 0.507. The molecule has 3 aliphatic rings. The molecule has 2 saturated heterocycles. The standard InChI is InChI=1S/C16H30N2O/c1-2-8-16(9-3-1)14-17-10-12-18(16)11-4-6-15-7-5-13-19-15/h15,17H,1-14H2. The molecule has 0 aromatic carbocycles. The van der Waals surface area contributed by atoms with Crippen LogP contribution in [0.4, 0.5) is 0 Å². The zero-order chi connectivity index (χ0) is 13.0. The van der Waals surface area contributed by atoms with E-state index in [0.29, 0.717) is 11.6 Å². The third kappa shape index (κ3) is 3.32. The van der Waals surface area contributed by atoms with Gasteiger partial charge in [0.05, 0.1) is 6.10 Å². The van der Waals surface area contributed by atoms with Crippen LogP contribution in [0.15, 0.2) is 0 Å². The van der Waals surface area contributed by atoms with Crippen molar-refractivity contribution in [1.29, 1.82) is 0 Å². The van der Waals surface area contributed by atoms with Crippen LogP contribution in [0.1, 0.15) is 57.8 Å². The number of ether oxygens (including phenoxy) is 1. The van der Waals surface area contributed by atoms with E-state index in [9.17, 15) is 0 Å². The summed E-state index contributed by atoms with van der Waals surface area (Å²) in [4.78, 5) is 2.82. The third-order valence-corrected chi connectivity index (χ3v) is 5.45. The van der Waals surface area contributed by atoms with Crippen LogP contribution in [-0.2, 0) is 4.74 Å². The summed E-state index contributed by atoms with van der Waals surface area (Å²) in [6.45, 7) is 5.96. The summed E-state index contributed by atoms with van der Waals surface area (Å²) in [6.07, 6.45) is 12.9. The number of piperazine rings is 1. The van der Waals surface area contributed by atoms with Crippen molar-refractivity contribution in [2.24, 2.45) is 0 Å². The normalized spacial score (nSPS) is 31.9. The Hall–Kier alpha value is -0.120. The first-order chi connectivity index (χ1) is 9.39. The Labute approximate surface area is 118 Å². The van der Waals surface area contributed by atoms with Gasteiger partial charge in [0.2, 0.25) is 0 Å². The second-order valence-corrected chi connectivity index (χ2v) is 6.73. The van der Waals surface area contributed by atoms with E-state index in [-0.39, 0.29) is 0 Å². The molecule has 1 N–H and O–H groups in total. The smallest absolute Gasteiger partial charge is 0.0576 e. The molecule has 3 rings (SSSR count). The molecule has 0 aromatic heterocycles. The summed E-state index contributed by atoms with van der Waals surface area (Å²) in [6, 6.07) is 0. The Bertz CT molecular complexity index is 262. The van der Waals surface area contributed by atoms with Crippen molar-refractivity contribution in [2.45, 2.75) is 69.4 Å². The van der Waals surface area contributed by atoms with Crippen molar-refractivity contribution < 1.29 is 4.74 Å². The molecule has 1 atom stereocenters. The lowest BCUT2D eigenvalue weighted by molar-refractivity contribution is 0.0217. The Morgan fingerprint density at radius 1 is 1.16 bits per heavy atom. The van der Waals surface area contributed by atoms with Crippen LogP contribution >= 0.6 is 0 Å². The van der Waals surface area contributed by atoms with Crippen LogP contribution in [-0.4, -0.2) is 49.3 Å². The first kappa shape index (κ1) is 13.8. The van der Waals surface area contributed by atoms with E-state index < -0.39 is 0 Å². The van der Waals surface area contributed by atoms with E-state index in [1.165, 1.54) is 84.0 Å². The second-order valence-electron chi connectivity index (χ2n) is 6.73. The highest BCUT2D eigenvalue weighted by atomic mass is 16.5. The van der Waals surface area contributed by atoms with E-state index >= 15 is 0 Å². The van der Waals surface area contributed by atoms with Crippen molar-refractivity contribution >= 4 is 0 Å². The molecule has 3 nitrogen and oxygen atoms in total. The number of nitrogens with zero attached hydrogens (tertiary/aromatic N) is 1. The summed E-state index contributed by atoms with van der Waals surface area (Å²) in [5, 5.41) is 3.64. The molecule has 110 valence electrons. The maximum atomic E-state index is 5.75. The molecule has 0 radical (unpaired) electrons. The quantitative estimate of drug-likeness (QED) is 0.846. The summed E-state index contributed by atoms with van der Waals surface area (Å²) < 4.78 is 5.75. The van der Waals surface area contributed by atoms with Gasteiger partial charge in [-0.25, -0.2) is 0 Å². The monoisotopic (exact) mass is 266 g/mol. The third-order valence-electron chi connectivity index (χ3n) is 5.45. The zero-order valence-corrected chi connectivity index (χ0v) is 12.3. The fourth-order valence-electron chi connectivity index (χ4n) is 4.32. The van der Waals surface area contributed by atoms with Gasteiger partial charge in [0, 0.05) is 31.8 Å². The fourth-order valence-corrected chi connectivity index (χ4v) is 4.32. The molecule has 3 fully saturated rings. The highest BCUT2D eigenvalue weighted by Crippen LogP contribution is 2.34. The van der Waals surface area contributed by atoms with Gasteiger partial charge in [-0.05, 0) is 45.1 Å². The van der Waals surface area contributed by atoms with Crippen molar-refractivity contribution in [1.82, 2.24) is 10.2 Å². The second kappa shape index (κ2) is 6.55. The molecule has 3 heteroatoms. The van der Waals surface area contributed by atoms with E-state index in [1.807, 2.05) is 0 Å². The van der Waals surface area contributed by atoms with Gasteiger partial charge in [-0.1, -0.05) is 19.3 Å². The van der Waals surface area contributed by atoms with Crippen LogP contribution < -0.4 is 5.32 Å². The van der Waals surface area contributed by atoms with Crippen molar-refractivity contribution in [2.75, 3.05) is 32.8 Å². The first-order valence-corrected chi connectivity index (χ1v) is 8.46. The molecule has 0 bridgehead atoms. The van der Waals surface area contributed by atoms with Crippen LogP contribution in [0, 0.1) is 0 Å². The van der Waals surface area contributed by atoms with E-state index in [0.717, 1.165) is 6.61 Å². The SMILES string of the molecule is C1CCC2(CC1)CNCCN2CCCC1CCCO1. The van der Waals surface area contributed by atoms with E-state index in [1.54, 1.807) is 0 Å². The van der Waals surface area contributed by atoms with Crippen LogP contribution in [0.25, 0.3) is 0 Å². The van der Waals surface area contributed by atoms with Crippen molar-refractivity contribution in [3.63, 3.8) is 0 Å². The molecule has 0 aromatic rings. The highest BCUT2D eigenvalue weighted by molar-refractivity contribution is 4.97. The zero-order valence-electron chi connectivity index (χ0n) is 12.3. The summed E-state index contributed by atoms with van der Waals surface area (Å²) >= 11 is 0. The molecule has 1 unspecified atom stereocenters. The van der Waals surface area contributed by atoms with Gasteiger partial charge >= 0.3 is 0 Å². The van der Waals surface area contributed by atoms with Crippen LogP contribution in [0.2, 0.25) is 0 Å². The Morgan fingerprint density at radius 3 is 2.84 bits per heavy atom. The lowest BCUT2D eigenvalue weighted by Crippen LogP contribution is -2.62. The highest BCUT2D eigenvalue weighted by Gasteiger charge is 2.39. The van der Waals surface area contributed by atoms with Gasteiger partial charge in [0.25, 0.3) is 0 Å². The average molecular weight is 266 g/mol. The molecular formula is C16H30N2O. The Balaban J connectivity index is 1.49. The molecule has 2 heterocycles. The maximum absolute atomic E-state index is 5.75. The number of nitrogens with one attached hydrogen (secondary N) is 1. The van der Waals surface area contributed by atoms with Gasteiger partial charge in [-0.15, -0.1) is 0 Å². The number of rotatable bonds is 4. The fraction of sp³-hybridized carbons (Fsp3) is 1.00. The van der Waals surface area contributed by atoms with Gasteiger partial charge in [-0.2, -0.15) is 0 Å².